The van der Waals surface area contributed by atoms with Gasteiger partial charge in [-0.25, -0.2) is 9.97 Å². The van der Waals surface area contributed by atoms with Crippen molar-refractivity contribution in [2.24, 2.45) is 0 Å². The molecule has 7 heteroatoms. The van der Waals surface area contributed by atoms with Gasteiger partial charge in [-0.2, -0.15) is 10.2 Å². The Morgan fingerprint density at radius 3 is 2.81 bits per heavy atom. The molecule has 0 saturated carbocycles. The lowest BCUT2D eigenvalue weighted by atomic mass is 10.1. The fraction of sp³-hybridized carbons (Fsp3) is 0.158. The van der Waals surface area contributed by atoms with Gasteiger partial charge in [-0.05, 0) is 32.0 Å². The summed E-state index contributed by atoms with van der Waals surface area (Å²) in [5.41, 5.74) is 9.11. The van der Waals surface area contributed by atoms with Crippen LogP contribution < -0.4 is 15.8 Å². The molecule has 2 heterocycles. The van der Waals surface area contributed by atoms with Crippen LogP contribution in [0.25, 0.3) is 11.3 Å². The lowest BCUT2D eigenvalue weighted by Crippen LogP contribution is -2.04. The second kappa shape index (κ2) is 7.49. The van der Waals surface area contributed by atoms with Crippen LogP contribution in [0.4, 0.5) is 17.2 Å². The summed E-state index contributed by atoms with van der Waals surface area (Å²) in [5, 5.41) is 12.4. The average Bonchev–Trinajstić information content (AvgIpc) is 2.62. The summed E-state index contributed by atoms with van der Waals surface area (Å²) in [7, 11) is 0. The number of hydrogen-bond acceptors (Lipinski definition) is 7. The van der Waals surface area contributed by atoms with E-state index in [9.17, 15) is 5.26 Å². The maximum absolute atomic E-state index is 9.21. The minimum atomic E-state index is 0.222. The molecule has 0 saturated heterocycles. The van der Waals surface area contributed by atoms with Crippen molar-refractivity contribution in [1.29, 1.82) is 5.26 Å². The van der Waals surface area contributed by atoms with E-state index < -0.39 is 0 Å². The third kappa shape index (κ3) is 3.70. The minimum absolute atomic E-state index is 0.222. The number of aryl methyl sites for hydroxylation is 1. The molecule has 0 unspecified atom stereocenters. The molecule has 26 heavy (non-hydrogen) atoms. The SMILES string of the molecule is CCOc1nc(Nc2cccc(-c3ccnc(C)n3)c2)cc(N)c1C#N. The zero-order valence-corrected chi connectivity index (χ0v) is 14.5. The summed E-state index contributed by atoms with van der Waals surface area (Å²) >= 11 is 0. The van der Waals surface area contributed by atoms with Gasteiger partial charge in [-0.1, -0.05) is 12.1 Å². The van der Waals surface area contributed by atoms with Crippen molar-refractivity contribution in [3.8, 4) is 23.2 Å². The van der Waals surface area contributed by atoms with Gasteiger partial charge in [0.2, 0.25) is 5.88 Å². The van der Waals surface area contributed by atoms with Crippen LogP contribution in [0.2, 0.25) is 0 Å². The number of ether oxygens (including phenoxy) is 1. The molecule has 7 nitrogen and oxygen atoms in total. The highest BCUT2D eigenvalue weighted by molar-refractivity contribution is 5.71. The largest absolute Gasteiger partial charge is 0.477 e. The molecule has 3 aromatic rings. The lowest BCUT2D eigenvalue weighted by Gasteiger charge is -2.12. The Hall–Kier alpha value is -3.66. The third-order valence-electron chi connectivity index (χ3n) is 3.62. The number of nitrogens with zero attached hydrogens (tertiary/aromatic N) is 4. The van der Waals surface area contributed by atoms with Gasteiger partial charge in [0.25, 0.3) is 0 Å². The number of pyridine rings is 1. The summed E-state index contributed by atoms with van der Waals surface area (Å²) in [6.45, 7) is 4.07. The van der Waals surface area contributed by atoms with Gasteiger partial charge in [0.1, 0.15) is 23.3 Å². The van der Waals surface area contributed by atoms with Crippen molar-refractivity contribution in [1.82, 2.24) is 15.0 Å². The van der Waals surface area contributed by atoms with Gasteiger partial charge < -0.3 is 15.8 Å². The maximum Gasteiger partial charge on any atom is 0.235 e. The Labute approximate surface area is 151 Å². The number of aromatic nitrogens is 3. The van der Waals surface area contributed by atoms with E-state index in [4.69, 9.17) is 10.5 Å². The monoisotopic (exact) mass is 346 g/mol. The van der Waals surface area contributed by atoms with Crippen molar-refractivity contribution < 1.29 is 4.74 Å². The molecule has 1 aromatic carbocycles. The van der Waals surface area contributed by atoms with Crippen LogP contribution in [0.3, 0.4) is 0 Å². The first kappa shape index (κ1) is 17.2. The molecule has 0 aliphatic carbocycles. The van der Waals surface area contributed by atoms with E-state index in [2.05, 4.69) is 20.3 Å². The number of hydrogen-bond donors (Lipinski definition) is 2. The first-order valence-corrected chi connectivity index (χ1v) is 8.11. The van der Waals surface area contributed by atoms with Crippen LogP contribution in [0, 0.1) is 18.3 Å². The quantitative estimate of drug-likeness (QED) is 0.728. The second-order valence-corrected chi connectivity index (χ2v) is 5.52. The van der Waals surface area contributed by atoms with E-state index in [1.807, 2.05) is 50.2 Å². The molecule has 0 aliphatic heterocycles. The number of nitrogens with two attached hydrogens (primary N) is 1. The number of rotatable bonds is 5. The molecule has 0 amide bonds. The van der Waals surface area contributed by atoms with E-state index >= 15 is 0 Å². The number of anilines is 3. The van der Waals surface area contributed by atoms with Crippen molar-refractivity contribution in [3.63, 3.8) is 0 Å². The predicted molar refractivity (Wildman–Crippen MR) is 100 cm³/mol. The first-order chi connectivity index (χ1) is 12.6. The predicted octanol–water partition coefficient (Wildman–Crippen LogP) is 3.44. The molecular formula is C19H18N6O. The molecule has 0 spiro atoms. The van der Waals surface area contributed by atoms with Gasteiger partial charge in [-0.15, -0.1) is 0 Å². The minimum Gasteiger partial charge on any atom is -0.477 e. The average molecular weight is 346 g/mol. The topological polar surface area (TPSA) is 110 Å². The van der Waals surface area contributed by atoms with Crippen LogP contribution in [0.5, 0.6) is 5.88 Å². The zero-order valence-electron chi connectivity index (χ0n) is 14.5. The van der Waals surface area contributed by atoms with E-state index in [1.54, 1.807) is 12.3 Å². The van der Waals surface area contributed by atoms with Crippen molar-refractivity contribution in [2.75, 3.05) is 17.7 Å². The van der Waals surface area contributed by atoms with Crippen LogP contribution >= 0.6 is 0 Å². The van der Waals surface area contributed by atoms with E-state index in [-0.39, 0.29) is 11.4 Å². The van der Waals surface area contributed by atoms with E-state index in [1.165, 1.54) is 0 Å². The number of nitrogen functional groups attached to an aromatic ring is 1. The number of nitrogens with one attached hydrogen (secondary N) is 1. The zero-order chi connectivity index (χ0) is 18.5. The summed E-state index contributed by atoms with van der Waals surface area (Å²) in [6.07, 6.45) is 1.73. The highest BCUT2D eigenvalue weighted by Gasteiger charge is 2.12. The second-order valence-electron chi connectivity index (χ2n) is 5.52. The van der Waals surface area contributed by atoms with Crippen molar-refractivity contribution in [3.05, 3.63) is 54.0 Å². The van der Waals surface area contributed by atoms with Gasteiger partial charge in [0.05, 0.1) is 18.0 Å². The standard InChI is InChI=1S/C19H18N6O/c1-3-26-19-15(11-20)16(21)10-18(25-19)24-14-6-4-5-13(9-14)17-7-8-22-12(2)23-17/h4-10H,3H2,1-2H3,(H3,21,24,25). The fourth-order valence-electron chi connectivity index (χ4n) is 2.48. The van der Waals surface area contributed by atoms with Crippen LogP contribution in [-0.4, -0.2) is 21.6 Å². The van der Waals surface area contributed by atoms with Crippen LogP contribution in [0.15, 0.2) is 42.6 Å². The molecule has 0 radical (unpaired) electrons. The van der Waals surface area contributed by atoms with Gasteiger partial charge in [0.15, 0.2) is 0 Å². The number of benzene rings is 1. The van der Waals surface area contributed by atoms with Crippen LogP contribution in [0.1, 0.15) is 18.3 Å². The summed E-state index contributed by atoms with van der Waals surface area (Å²) in [4.78, 5) is 12.9. The summed E-state index contributed by atoms with van der Waals surface area (Å²) < 4.78 is 5.42. The highest BCUT2D eigenvalue weighted by Crippen LogP contribution is 2.28. The molecule has 0 aliphatic rings. The maximum atomic E-state index is 9.21. The molecule has 130 valence electrons. The van der Waals surface area contributed by atoms with Gasteiger partial charge in [0, 0.05) is 23.5 Å². The Kier molecular flexibility index (Phi) is 4.94. The molecular weight excluding hydrogens is 328 g/mol. The lowest BCUT2D eigenvalue weighted by molar-refractivity contribution is 0.326. The molecule has 0 bridgehead atoms. The molecule has 2 aromatic heterocycles. The first-order valence-electron chi connectivity index (χ1n) is 8.11. The van der Waals surface area contributed by atoms with Crippen LogP contribution in [-0.2, 0) is 0 Å². The highest BCUT2D eigenvalue weighted by atomic mass is 16.5. The van der Waals surface area contributed by atoms with E-state index in [0.717, 1.165) is 16.9 Å². The van der Waals surface area contributed by atoms with Crippen molar-refractivity contribution in [2.45, 2.75) is 13.8 Å². The Bertz CT molecular complexity index is 980. The van der Waals surface area contributed by atoms with Crippen molar-refractivity contribution >= 4 is 17.2 Å². The normalized spacial score (nSPS) is 10.2. The molecule has 0 atom stereocenters. The smallest absolute Gasteiger partial charge is 0.235 e. The summed E-state index contributed by atoms with van der Waals surface area (Å²) in [5.74, 6) is 1.43. The number of nitriles is 1. The summed E-state index contributed by atoms with van der Waals surface area (Å²) in [6, 6.07) is 13.3. The molecule has 0 fully saturated rings. The third-order valence-corrected chi connectivity index (χ3v) is 3.62. The fourth-order valence-corrected chi connectivity index (χ4v) is 2.48. The Balaban J connectivity index is 1.92. The Morgan fingerprint density at radius 1 is 1.23 bits per heavy atom. The van der Waals surface area contributed by atoms with Gasteiger partial charge >= 0.3 is 0 Å². The molecule has 3 rings (SSSR count). The van der Waals surface area contributed by atoms with E-state index in [0.29, 0.717) is 23.9 Å². The van der Waals surface area contributed by atoms with Gasteiger partial charge in [-0.3, -0.25) is 0 Å². The Morgan fingerprint density at radius 2 is 2.08 bits per heavy atom. The molecule has 3 N–H and O–H groups in total.